The second-order valence-corrected chi connectivity index (χ2v) is 3.17. The van der Waals surface area contributed by atoms with E-state index < -0.39 is 5.82 Å². The van der Waals surface area contributed by atoms with E-state index in [1.165, 1.54) is 18.2 Å². The Morgan fingerprint density at radius 1 is 1.57 bits per heavy atom. The first-order valence-electron chi connectivity index (χ1n) is 4.06. The molecule has 0 aliphatic heterocycles. The molecule has 0 aliphatic rings. The molecule has 0 aliphatic carbocycles. The molecule has 1 unspecified atom stereocenters. The van der Waals surface area contributed by atoms with Crippen LogP contribution < -0.4 is 11.5 Å². The number of benzene rings is 1. The summed E-state index contributed by atoms with van der Waals surface area (Å²) in [5.74, 6) is -0.439. The average Bonchev–Trinajstić information content (AvgIpc) is 2.13. The van der Waals surface area contributed by atoms with Gasteiger partial charge in [0.05, 0.1) is 11.1 Å². The Balaban J connectivity index is 0.000000292. The molecule has 3 nitrogen and oxygen atoms in total. The van der Waals surface area contributed by atoms with E-state index in [9.17, 15) is 4.39 Å². The van der Waals surface area contributed by atoms with Gasteiger partial charge in [0, 0.05) is 12.2 Å². The first-order valence-corrected chi connectivity index (χ1v) is 4.43. The summed E-state index contributed by atoms with van der Waals surface area (Å²) in [5, 5.41) is 8.30. The van der Waals surface area contributed by atoms with E-state index in [0.717, 1.165) is 0 Å². The zero-order valence-electron chi connectivity index (χ0n) is 7.87. The van der Waals surface area contributed by atoms with Crippen molar-refractivity contribution in [1.82, 2.24) is 0 Å². The molecule has 0 saturated carbocycles. The normalized spacial score (nSPS) is 11.5. The lowest BCUT2D eigenvalue weighted by Crippen LogP contribution is -2.14. The molecule has 1 aromatic rings. The summed E-state index contributed by atoms with van der Waals surface area (Å²) in [6.07, 6.45) is -0.338. The van der Waals surface area contributed by atoms with Gasteiger partial charge in [-0.1, -0.05) is 11.6 Å². The fourth-order valence-corrected chi connectivity index (χ4v) is 0.701. The van der Waals surface area contributed by atoms with Crippen LogP contribution in [-0.2, 0) is 0 Å². The molecule has 1 rings (SSSR count). The highest BCUT2D eigenvalue weighted by Gasteiger charge is 1.95. The minimum atomic E-state index is -0.439. The van der Waals surface area contributed by atoms with Gasteiger partial charge in [-0.2, -0.15) is 0 Å². The number of halogens is 2. The lowest BCUT2D eigenvalue weighted by atomic mass is 10.3. The van der Waals surface area contributed by atoms with Crippen LogP contribution in [0.2, 0.25) is 5.02 Å². The van der Waals surface area contributed by atoms with Gasteiger partial charge in [-0.05, 0) is 25.1 Å². The molecule has 5 heteroatoms. The molecular formula is C9H14ClFN2O. The topological polar surface area (TPSA) is 72.3 Å². The molecule has 5 N–H and O–H groups in total. The standard InChI is InChI=1S/C6H5ClFN.C3H9NO/c7-5-3-4(9)1-2-6(5)8;1-3(5)2-4/h1-3H,9H2;3,5H,2,4H2,1H3. The van der Waals surface area contributed by atoms with Crippen molar-refractivity contribution in [2.75, 3.05) is 12.3 Å². The smallest absolute Gasteiger partial charge is 0.141 e. The van der Waals surface area contributed by atoms with Crippen LogP contribution in [0.3, 0.4) is 0 Å². The van der Waals surface area contributed by atoms with E-state index in [-0.39, 0.29) is 11.1 Å². The quantitative estimate of drug-likeness (QED) is 0.627. The first kappa shape index (κ1) is 13.2. The minimum absolute atomic E-state index is 0.0648. The third-order valence-corrected chi connectivity index (χ3v) is 1.57. The van der Waals surface area contributed by atoms with Crippen molar-refractivity contribution in [3.05, 3.63) is 29.0 Å². The van der Waals surface area contributed by atoms with Crippen LogP contribution in [0.15, 0.2) is 18.2 Å². The van der Waals surface area contributed by atoms with E-state index in [1.807, 2.05) is 0 Å². The average molecular weight is 221 g/mol. The van der Waals surface area contributed by atoms with E-state index in [2.05, 4.69) is 0 Å². The lowest BCUT2D eigenvalue weighted by Gasteiger charge is -1.93. The van der Waals surface area contributed by atoms with Crippen LogP contribution in [0.4, 0.5) is 10.1 Å². The maximum atomic E-state index is 12.3. The Bertz CT molecular complexity index is 282. The van der Waals surface area contributed by atoms with Crippen molar-refractivity contribution in [2.24, 2.45) is 5.73 Å². The van der Waals surface area contributed by atoms with Gasteiger partial charge in [-0.3, -0.25) is 0 Å². The number of hydrogen-bond acceptors (Lipinski definition) is 3. The zero-order valence-corrected chi connectivity index (χ0v) is 8.63. The minimum Gasteiger partial charge on any atom is -0.399 e. The Kier molecular flexibility index (Phi) is 6.19. The molecule has 0 fully saturated rings. The first-order chi connectivity index (χ1) is 6.47. The molecule has 0 radical (unpaired) electrons. The SMILES string of the molecule is CC(O)CN.Nc1ccc(F)c(Cl)c1. The van der Waals surface area contributed by atoms with E-state index in [0.29, 0.717) is 12.2 Å². The number of hydrogen-bond donors (Lipinski definition) is 3. The molecule has 0 heterocycles. The summed E-state index contributed by atoms with van der Waals surface area (Å²) in [6.45, 7) is 2.01. The second-order valence-electron chi connectivity index (χ2n) is 2.76. The highest BCUT2D eigenvalue weighted by molar-refractivity contribution is 6.31. The van der Waals surface area contributed by atoms with E-state index >= 15 is 0 Å². The van der Waals surface area contributed by atoms with Gasteiger partial charge in [-0.15, -0.1) is 0 Å². The van der Waals surface area contributed by atoms with E-state index in [4.69, 9.17) is 28.2 Å². The number of nitrogen functional groups attached to an aromatic ring is 1. The van der Waals surface area contributed by atoms with Gasteiger partial charge in [0.15, 0.2) is 0 Å². The van der Waals surface area contributed by atoms with Crippen molar-refractivity contribution in [1.29, 1.82) is 0 Å². The summed E-state index contributed by atoms with van der Waals surface area (Å²) in [4.78, 5) is 0. The number of aliphatic hydroxyl groups is 1. The van der Waals surface area contributed by atoms with Gasteiger partial charge >= 0.3 is 0 Å². The Labute approximate surface area is 87.5 Å². The fourth-order valence-electron chi connectivity index (χ4n) is 0.512. The number of anilines is 1. The maximum absolute atomic E-state index is 12.3. The molecule has 1 aromatic carbocycles. The molecule has 1 atom stereocenters. The van der Waals surface area contributed by atoms with Gasteiger partial charge < -0.3 is 16.6 Å². The Hall–Kier alpha value is -0.840. The lowest BCUT2D eigenvalue weighted by molar-refractivity contribution is 0.203. The van der Waals surface area contributed by atoms with Crippen molar-refractivity contribution >= 4 is 17.3 Å². The number of rotatable bonds is 1. The summed E-state index contributed by atoms with van der Waals surface area (Å²) in [5.41, 5.74) is 10.7. The third kappa shape index (κ3) is 5.75. The van der Waals surface area contributed by atoms with Gasteiger partial charge in [0.1, 0.15) is 5.82 Å². The van der Waals surface area contributed by atoms with Crippen LogP contribution in [0.1, 0.15) is 6.92 Å². The molecule has 80 valence electrons. The summed E-state index contributed by atoms with van der Waals surface area (Å²) in [6, 6.07) is 4.07. The third-order valence-electron chi connectivity index (χ3n) is 1.28. The van der Waals surface area contributed by atoms with Crippen LogP contribution in [0.5, 0.6) is 0 Å². The molecule has 0 spiro atoms. The molecule has 0 bridgehead atoms. The largest absolute Gasteiger partial charge is 0.399 e. The van der Waals surface area contributed by atoms with Crippen LogP contribution in [0.25, 0.3) is 0 Å². The zero-order chi connectivity index (χ0) is 11.1. The number of nitrogens with two attached hydrogens (primary N) is 2. The van der Waals surface area contributed by atoms with Crippen LogP contribution in [0, 0.1) is 5.82 Å². The molecule has 0 amide bonds. The van der Waals surface area contributed by atoms with Gasteiger partial charge in [0.25, 0.3) is 0 Å². The fraction of sp³-hybridized carbons (Fsp3) is 0.333. The highest BCUT2D eigenvalue weighted by atomic mass is 35.5. The van der Waals surface area contributed by atoms with Crippen molar-refractivity contribution in [3.8, 4) is 0 Å². The maximum Gasteiger partial charge on any atom is 0.141 e. The van der Waals surface area contributed by atoms with Crippen LogP contribution >= 0.6 is 11.6 Å². The molecule has 0 aromatic heterocycles. The summed E-state index contributed by atoms with van der Waals surface area (Å²) < 4.78 is 12.3. The molecule has 14 heavy (non-hydrogen) atoms. The summed E-state index contributed by atoms with van der Waals surface area (Å²) >= 11 is 5.36. The highest BCUT2D eigenvalue weighted by Crippen LogP contribution is 2.16. The van der Waals surface area contributed by atoms with E-state index in [1.54, 1.807) is 6.92 Å². The van der Waals surface area contributed by atoms with Gasteiger partial charge in [-0.25, -0.2) is 4.39 Å². The monoisotopic (exact) mass is 220 g/mol. The predicted molar refractivity (Wildman–Crippen MR) is 56.6 cm³/mol. The van der Waals surface area contributed by atoms with Crippen molar-refractivity contribution < 1.29 is 9.50 Å². The Morgan fingerprint density at radius 3 is 2.36 bits per heavy atom. The van der Waals surface area contributed by atoms with Crippen molar-refractivity contribution in [2.45, 2.75) is 13.0 Å². The summed E-state index contributed by atoms with van der Waals surface area (Å²) in [7, 11) is 0. The van der Waals surface area contributed by atoms with Crippen molar-refractivity contribution in [3.63, 3.8) is 0 Å². The Morgan fingerprint density at radius 2 is 2.07 bits per heavy atom. The van der Waals surface area contributed by atoms with Gasteiger partial charge in [0.2, 0.25) is 0 Å². The van der Waals surface area contributed by atoms with Crippen LogP contribution in [-0.4, -0.2) is 17.8 Å². The predicted octanol–water partition coefficient (Wildman–Crippen LogP) is 1.39. The molecule has 0 saturated heterocycles. The molecular weight excluding hydrogens is 207 g/mol. The second kappa shape index (κ2) is 6.59. The number of aliphatic hydroxyl groups excluding tert-OH is 1.